The Bertz CT molecular complexity index is 1070. The van der Waals surface area contributed by atoms with Crippen LogP contribution in [0.5, 0.6) is 0 Å². The number of hydrogen-bond acceptors (Lipinski definition) is 7. The van der Waals surface area contributed by atoms with Crippen molar-refractivity contribution in [1.29, 1.82) is 0 Å². The van der Waals surface area contributed by atoms with Gasteiger partial charge >= 0.3 is 0 Å². The van der Waals surface area contributed by atoms with Crippen molar-refractivity contribution in [2.45, 2.75) is 4.90 Å². The van der Waals surface area contributed by atoms with Crippen molar-refractivity contribution in [3.05, 3.63) is 64.2 Å². The highest BCUT2D eigenvalue weighted by Crippen LogP contribution is 2.22. The van der Waals surface area contributed by atoms with Gasteiger partial charge in [0.1, 0.15) is 5.69 Å². The number of para-hydroxylation sites is 2. The first-order valence-electron chi connectivity index (χ1n) is 8.46. The topological polar surface area (TPSA) is 151 Å². The summed E-state index contributed by atoms with van der Waals surface area (Å²) in [7, 11) is -3.95. The van der Waals surface area contributed by atoms with Gasteiger partial charge in [-0.3, -0.25) is 30.6 Å². The van der Waals surface area contributed by atoms with Crippen LogP contribution in [0.1, 0.15) is 10.4 Å². The fourth-order valence-corrected chi connectivity index (χ4v) is 4.15. The quantitative estimate of drug-likeness (QED) is 0.455. The largest absolute Gasteiger partial charge is 0.354 e. The van der Waals surface area contributed by atoms with Gasteiger partial charge in [0.15, 0.2) is 0 Å². The van der Waals surface area contributed by atoms with E-state index in [4.69, 9.17) is 0 Å². The first-order chi connectivity index (χ1) is 13.8. The number of nitro benzene ring substituents is 1. The van der Waals surface area contributed by atoms with Crippen molar-refractivity contribution in [2.24, 2.45) is 0 Å². The third-order valence-electron chi connectivity index (χ3n) is 4.15. The number of carbonyl (C=O) groups excluding carboxylic acids is 2. The molecule has 12 heteroatoms. The highest BCUT2D eigenvalue weighted by Gasteiger charge is 2.29. The maximum atomic E-state index is 12.7. The number of nitrogens with one attached hydrogen (secondary N) is 3. The molecule has 29 heavy (non-hydrogen) atoms. The second-order valence-corrected chi connectivity index (χ2v) is 8.01. The van der Waals surface area contributed by atoms with E-state index in [1.807, 2.05) is 0 Å². The Hall–Kier alpha value is -3.51. The van der Waals surface area contributed by atoms with Gasteiger partial charge in [-0.25, -0.2) is 8.42 Å². The summed E-state index contributed by atoms with van der Waals surface area (Å²) in [5.74, 6) is -1.08. The highest BCUT2D eigenvalue weighted by molar-refractivity contribution is 7.89. The van der Waals surface area contributed by atoms with Gasteiger partial charge in [-0.15, -0.1) is 0 Å². The molecular weight excluding hydrogens is 402 g/mol. The molecule has 3 N–H and O–H groups in total. The maximum Gasteiger partial charge on any atom is 0.294 e. The summed E-state index contributed by atoms with van der Waals surface area (Å²) in [4.78, 5) is 34.2. The molecule has 1 fully saturated rings. The molecule has 2 aromatic carbocycles. The van der Waals surface area contributed by atoms with Gasteiger partial charge in [0, 0.05) is 24.7 Å². The predicted molar refractivity (Wildman–Crippen MR) is 102 cm³/mol. The van der Waals surface area contributed by atoms with Gasteiger partial charge in [-0.1, -0.05) is 18.2 Å². The summed E-state index contributed by atoms with van der Waals surface area (Å²) in [6.07, 6.45) is 0. The number of anilines is 1. The van der Waals surface area contributed by atoms with E-state index in [1.54, 1.807) is 6.07 Å². The lowest BCUT2D eigenvalue weighted by molar-refractivity contribution is -0.384. The second kappa shape index (κ2) is 8.24. The van der Waals surface area contributed by atoms with Gasteiger partial charge in [0.05, 0.1) is 16.4 Å². The molecule has 0 aromatic heterocycles. The van der Waals surface area contributed by atoms with Crippen LogP contribution in [-0.2, 0) is 14.8 Å². The number of hydrogen-bond donors (Lipinski definition) is 3. The molecule has 2 amide bonds. The number of piperazine rings is 1. The molecule has 0 atom stereocenters. The van der Waals surface area contributed by atoms with Crippen LogP contribution in [0.2, 0.25) is 0 Å². The molecule has 0 unspecified atom stereocenters. The van der Waals surface area contributed by atoms with Gasteiger partial charge in [-0.2, -0.15) is 4.31 Å². The number of carbonyl (C=O) groups is 2. The normalized spacial score (nSPS) is 14.7. The highest BCUT2D eigenvalue weighted by atomic mass is 32.2. The van der Waals surface area contributed by atoms with Crippen molar-refractivity contribution in [2.75, 3.05) is 25.1 Å². The predicted octanol–water partition coefficient (Wildman–Crippen LogP) is 0.472. The smallest absolute Gasteiger partial charge is 0.294 e. The van der Waals surface area contributed by atoms with E-state index < -0.39 is 26.8 Å². The third-order valence-corrected chi connectivity index (χ3v) is 5.99. The van der Waals surface area contributed by atoms with Gasteiger partial charge in [0.25, 0.3) is 11.6 Å². The van der Waals surface area contributed by atoms with Crippen LogP contribution in [0.25, 0.3) is 0 Å². The summed E-state index contributed by atoms with van der Waals surface area (Å²) in [6.45, 7) is 0.0414. The first-order valence-corrected chi connectivity index (χ1v) is 9.90. The number of hydrazine groups is 1. The zero-order valence-corrected chi connectivity index (χ0v) is 15.8. The van der Waals surface area contributed by atoms with Crippen molar-refractivity contribution < 1.29 is 22.9 Å². The Morgan fingerprint density at radius 3 is 2.66 bits per heavy atom. The molecule has 0 spiro atoms. The Morgan fingerprint density at radius 1 is 1.17 bits per heavy atom. The minimum absolute atomic E-state index is 0.0265. The molecule has 1 aliphatic rings. The average Bonchev–Trinajstić information content (AvgIpc) is 2.72. The molecule has 11 nitrogen and oxygen atoms in total. The monoisotopic (exact) mass is 419 g/mol. The van der Waals surface area contributed by atoms with Gasteiger partial charge in [-0.05, 0) is 24.3 Å². The Balaban J connectivity index is 1.76. The molecule has 1 aliphatic heterocycles. The fourth-order valence-electron chi connectivity index (χ4n) is 2.70. The van der Waals surface area contributed by atoms with Gasteiger partial charge in [0.2, 0.25) is 15.9 Å². The van der Waals surface area contributed by atoms with Crippen LogP contribution < -0.4 is 16.2 Å². The Kier molecular flexibility index (Phi) is 5.75. The van der Waals surface area contributed by atoms with Crippen molar-refractivity contribution in [1.82, 2.24) is 15.0 Å². The van der Waals surface area contributed by atoms with Crippen molar-refractivity contribution in [3.63, 3.8) is 0 Å². The van der Waals surface area contributed by atoms with Crippen molar-refractivity contribution >= 4 is 33.2 Å². The molecule has 0 radical (unpaired) electrons. The second-order valence-electron chi connectivity index (χ2n) is 6.07. The van der Waals surface area contributed by atoms with E-state index in [2.05, 4.69) is 16.2 Å². The van der Waals surface area contributed by atoms with Crippen LogP contribution in [0.15, 0.2) is 53.4 Å². The average molecular weight is 419 g/mol. The molecule has 0 aliphatic carbocycles. The van der Waals surface area contributed by atoms with E-state index >= 15 is 0 Å². The lowest BCUT2D eigenvalue weighted by Gasteiger charge is -2.26. The summed E-state index contributed by atoms with van der Waals surface area (Å²) in [6, 6.07) is 11.0. The minimum Gasteiger partial charge on any atom is -0.354 e. The molecule has 152 valence electrons. The molecule has 0 saturated carbocycles. The number of nitrogens with zero attached hydrogens (tertiary/aromatic N) is 2. The van der Waals surface area contributed by atoms with Crippen LogP contribution in [0, 0.1) is 10.1 Å². The molecule has 1 saturated heterocycles. The standard InChI is InChI=1S/C17H17N5O6S/c23-16-11-21(9-8-18-16)29(27,28)13-5-3-4-12(10-13)17(24)20-19-14-6-1-2-7-15(14)22(25)26/h1-7,10,19H,8-9,11H2,(H,18,23)(H,20,24). The van der Waals surface area contributed by atoms with Crippen molar-refractivity contribution in [3.8, 4) is 0 Å². The Labute approximate surface area is 165 Å². The number of sulfonamides is 1. The fraction of sp³-hybridized carbons (Fsp3) is 0.176. The number of amides is 2. The summed E-state index contributed by atoms with van der Waals surface area (Å²) in [5, 5.41) is 13.6. The zero-order chi connectivity index (χ0) is 21.0. The summed E-state index contributed by atoms with van der Waals surface area (Å²) >= 11 is 0. The van der Waals surface area contributed by atoms with E-state index in [9.17, 15) is 28.1 Å². The third kappa shape index (κ3) is 4.50. The van der Waals surface area contributed by atoms with Crippen LogP contribution >= 0.6 is 0 Å². The first kappa shape index (κ1) is 20.2. The number of benzene rings is 2. The lowest BCUT2D eigenvalue weighted by atomic mass is 10.2. The van der Waals surface area contributed by atoms with E-state index in [1.165, 1.54) is 42.5 Å². The van der Waals surface area contributed by atoms with E-state index in [0.29, 0.717) is 0 Å². The minimum atomic E-state index is -3.95. The van der Waals surface area contributed by atoms with Crippen LogP contribution in [0.3, 0.4) is 0 Å². The van der Waals surface area contributed by atoms with E-state index in [-0.39, 0.29) is 41.5 Å². The van der Waals surface area contributed by atoms with Crippen LogP contribution in [-0.4, -0.2) is 49.1 Å². The number of nitro groups is 1. The molecule has 1 heterocycles. The molecular formula is C17H17N5O6S. The molecule has 2 aromatic rings. The lowest BCUT2D eigenvalue weighted by Crippen LogP contribution is -2.49. The van der Waals surface area contributed by atoms with Gasteiger partial charge < -0.3 is 5.32 Å². The molecule has 0 bridgehead atoms. The Morgan fingerprint density at radius 2 is 1.93 bits per heavy atom. The SMILES string of the molecule is O=C1CN(S(=O)(=O)c2cccc(C(=O)NNc3ccccc3[N+](=O)[O-])c2)CCN1. The van der Waals surface area contributed by atoms with E-state index in [0.717, 1.165) is 4.31 Å². The summed E-state index contributed by atoms with van der Waals surface area (Å²) < 4.78 is 26.5. The number of rotatable bonds is 6. The zero-order valence-electron chi connectivity index (χ0n) is 15.0. The van der Waals surface area contributed by atoms with Crippen LogP contribution in [0.4, 0.5) is 11.4 Å². The maximum absolute atomic E-state index is 12.7. The summed E-state index contributed by atoms with van der Waals surface area (Å²) in [5.41, 5.74) is 4.65. The molecule has 3 rings (SSSR count).